The quantitative estimate of drug-likeness (QED) is 0.0863. The number of nitrogens with zero attached hydrogens (tertiary/aromatic N) is 2. The number of fused-ring (bicyclic) bond motifs is 6. The van der Waals surface area contributed by atoms with Crippen molar-refractivity contribution in [3.05, 3.63) is 95.4 Å². The predicted molar refractivity (Wildman–Crippen MR) is 208 cm³/mol. The molecule has 6 heteroatoms. The summed E-state index contributed by atoms with van der Waals surface area (Å²) in [5, 5.41) is 12.6. The van der Waals surface area contributed by atoms with Gasteiger partial charge >= 0.3 is 0 Å². The van der Waals surface area contributed by atoms with Gasteiger partial charge in [-0.2, -0.15) is 0 Å². The molecule has 0 saturated heterocycles. The summed E-state index contributed by atoms with van der Waals surface area (Å²) < 4.78 is 1.35. The van der Waals surface area contributed by atoms with E-state index in [2.05, 4.69) is 82.3 Å². The molecule has 1 aliphatic carbocycles. The number of ketones is 1. The van der Waals surface area contributed by atoms with Gasteiger partial charge in [-0.3, -0.25) is 14.8 Å². The Balaban J connectivity index is 0.000000269. The van der Waals surface area contributed by atoms with E-state index in [1.165, 1.54) is 43.3 Å². The number of benzene rings is 3. The zero-order valence-electron chi connectivity index (χ0n) is 31.5. The zero-order valence-corrected chi connectivity index (χ0v) is 34.7. The van der Waals surface area contributed by atoms with Crippen LogP contribution in [0.2, 0.25) is 0 Å². The largest absolute Gasteiger partial charge is 0.512 e. The van der Waals surface area contributed by atoms with E-state index in [0.29, 0.717) is 5.92 Å². The van der Waals surface area contributed by atoms with Crippen LogP contribution in [0.15, 0.2) is 72.6 Å². The van der Waals surface area contributed by atoms with Gasteiger partial charge in [0.2, 0.25) is 0 Å². The molecular formula is C44H53IrN2O2S-. The van der Waals surface area contributed by atoms with E-state index in [1.54, 1.807) is 0 Å². The van der Waals surface area contributed by atoms with Crippen LogP contribution in [-0.2, 0) is 36.7 Å². The summed E-state index contributed by atoms with van der Waals surface area (Å²) in [6.45, 7) is 21.2. The van der Waals surface area contributed by atoms with Gasteiger partial charge in [-0.05, 0) is 72.1 Å². The molecule has 3 aromatic carbocycles. The summed E-state index contributed by atoms with van der Waals surface area (Å²) in [4.78, 5) is 23.4. The van der Waals surface area contributed by atoms with Gasteiger partial charge in [0.25, 0.3) is 0 Å². The fraction of sp³-hybridized carbons (Fsp3) is 0.432. The molecule has 50 heavy (non-hydrogen) atoms. The minimum absolute atomic E-state index is 0. The number of carbonyl (C=O) groups excluding carboxylic acids is 1. The van der Waals surface area contributed by atoms with Crippen molar-refractivity contribution in [1.29, 1.82) is 0 Å². The summed E-state index contributed by atoms with van der Waals surface area (Å²) in [5.41, 5.74) is 6.65. The number of hydrogen-bond acceptors (Lipinski definition) is 5. The number of aromatic nitrogens is 2. The van der Waals surface area contributed by atoms with Crippen molar-refractivity contribution in [1.82, 2.24) is 9.97 Å². The third-order valence-corrected chi connectivity index (χ3v) is 12.4. The molecule has 5 aromatic rings. The Morgan fingerprint density at radius 1 is 0.960 bits per heavy atom. The fourth-order valence-electron chi connectivity index (χ4n) is 6.96. The first-order chi connectivity index (χ1) is 23.2. The van der Waals surface area contributed by atoms with Crippen molar-refractivity contribution >= 4 is 38.1 Å². The van der Waals surface area contributed by atoms with Gasteiger partial charge in [0.05, 0.1) is 11.3 Å². The molecule has 0 saturated carbocycles. The Bertz CT molecular complexity index is 2010. The van der Waals surface area contributed by atoms with Crippen LogP contribution in [-0.4, -0.2) is 20.9 Å². The van der Waals surface area contributed by atoms with E-state index >= 15 is 0 Å². The molecular weight excluding hydrogens is 813 g/mol. The van der Waals surface area contributed by atoms with Gasteiger partial charge in [-0.25, -0.2) is 0 Å². The minimum atomic E-state index is -0.337. The fourth-order valence-corrected chi connectivity index (χ4v) is 8.36. The Labute approximate surface area is 317 Å². The summed E-state index contributed by atoms with van der Waals surface area (Å²) in [6, 6.07) is 23.1. The van der Waals surface area contributed by atoms with Crippen molar-refractivity contribution in [2.45, 2.75) is 107 Å². The van der Waals surface area contributed by atoms with E-state index in [0.717, 1.165) is 54.4 Å². The number of aliphatic hydroxyl groups is 1. The first kappa shape index (κ1) is 39.6. The average Bonchev–Trinajstić information content (AvgIpc) is 3.60. The second-order valence-electron chi connectivity index (χ2n) is 15.2. The number of rotatable bonds is 10. The van der Waals surface area contributed by atoms with Gasteiger partial charge in [-0.1, -0.05) is 105 Å². The maximum atomic E-state index is 12.2. The predicted octanol–water partition coefficient (Wildman–Crippen LogP) is 12.5. The number of aliphatic hydroxyl groups excluding tert-OH is 1. The summed E-state index contributed by atoms with van der Waals surface area (Å²) in [5.74, 6) is 1.67. The Morgan fingerprint density at radius 3 is 2.26 bits per heavy atom. The van der Waals surface area contributed by atoms with E-state index in [9.17, 15) is 9.90 Å². The smallest absolute Gasteiger partial charge is 0.164 e. The number of thiophene rings is 1. The molecule has 2 aromatic heterocycles. The second kappa shape index (κ2) is 15.6. The van der Waals surface area contributed by atoms with Crippen LogP contribution in [0.3, 0.4) is 0 Å². The summed E-state index contributed by atoms with van der Waals surface area (Å²) >= 11 is 1.89. The van der Waals surface area contributed by atoms with Gasteiger partial charge in [0, 0.05) is 58.2 Å². The van der Waals surface area contributed by atoms with Gasteiger partial charge in [0.15, 0.2) is 5.78 Å². The third kappa shape index (κ3) is 7.40. The van der Waals surface area contributed by atoms with Crippen molar-refractivity contribution in [2.75, 3.05) is 0 Å². The molecule has 0 unspecified atom stereocenters. The third-order valence-electron chi connectivity index (χ3n) is 11.2. The molecule has 0 atom stereocenters. The van der Waals surface area contributed by atoms with E-state index < -0.39 is 0 Å². The first-order valence-electron chi connectivity index (χ1n) is 18.0. The van der Waals surface area contributed by atoms with Crippen molar-refractivity contribution in [3.63, 3.8) is 0 Å². The van der Waals surface area contributed by atoms with E-state index in [4.69, 9.17) is 9.97 Å². The second-order valence-corrected chi connectivity index (χ2v) is 16.2. The Hall–Kier alpha value is -3.18. The Morgan fingerprint density at radius 2 is 1.62 bits per heavy atom. The average molecular weight is 866 g/mol. The van der Waals surface area contributed by atoms with Crippen molar-refractivity contribution < 1.29 is 30.0 Å². The molecule has 1 N–H and O–H groups in total. The van der Waals surface area contributed by atoms with Gasteiger partial charge in [-0.15, -0.1) is 40.7 Å². The monoisotopic (exact) mass is 866 g/mol. The molecule has 0 aliphatic heterocycles. The molecule has 1 aliphatic rings. The maximum absolute atomic E-state index is 12.2. The minimum Gasteiger partial charge on any atom is -0.512 e. The zero-order chi connectivity index (χ0) is 35.7. The number of carbonyl (C=O) groups is 1. The van der Waals surface area contributed by atoms with Crippen LogP contribution in [0, 0.1) is 22.8 Å². The summed E-state index contributed by atoms with van der Waals surface area (Å²) in [7, 11) is 0. The standard InChI is InChI=1S/C29H25N2S.C15H28O2.Ir/c1-17(2)14-18-12-13-19-16-30-28(31-23(19)15-18)22-10-7-9-21-25(22)29(3,4)26-20-8-5-6-11-24(20)32-27(21)26;1-7-14(5,8-2)12(16)11-13(17)15(6,9-3)10-4;/h5-9,11-13,15-17H,14H2,1-4H3;11,16H,7-10H2,1-6H3;/q-1;;/b;12-11-;. The molecule has 0 bridgehead atoms. The van der Waals surface area contributed by atoms with Crippen LogP contribution >= 0.6 is 11.3 Å². The SMILES string of the molecule is CC(C)Cc1ccc2cnc(-c3[c-]ccc4c3C(C)(C)c3c-4sc4ccccc34)nc2c1.CCC(C)(CC)C(=O)/C=C(\O)C(C)(CC)CC.[Ir]. The van der Waals surface area contributed by atoms with Crippen molar-refractivity contribution in [3.8, 4) is 21.8 Å². The van der Waals surface area contributed by atoms with Crippen LogP contribution in [0.25, 0.3) is 42.8 Å². The van der Waals surface area contributed by atoms with E-state index in [1.807, 2.05) is 65.1 Å². The summed E-state index contributed by atoms with van der Waals surface area (Å²) in [6.07, 6.45) is 7.77. The molecule has 0 fully saturated rings. The van der Waals surface area contributed by atoms with Gasteiger partial charge in [0.1, 0.15) is 5.76 Å². The van der Waals surface area contributed by atoms with Crippen LogP contribution in [0.5, 0.6) is 0 Å². The van der Waals surface area contributed by atoms with Crippen LogP contribution < -0.4 is 0 Å². The number of allylic oxidation sites excluding steroid dienone is 2. The van der Waals surface area contributed by atoms with Gasteiger partial charge < -0.3 is 5.11 Å². The molecule has 4 nitrogen and oxygen atoms in total. The molecule has 2 heterocycles. The molecule has 1 radical (unpaired) electrons. The van der Waals surface area contributed by atoms with Crippen LogP contribution in [0.1, 0.15) is 112 Å². The van der Waals surface area contributed by atoms with Crippen molar-refractivity contribution in [2.24, 2.45) is 16.7 Å². The van der Waals surface area contributed by atoms with Crippen LogP contribution in [0.4, 0.5) is 0 Å². The molecule has 0 amide bonds. The molecule has 267 valence electrons. The first-order valence-corrected chi connectivity index (χ1v) is 18.8. The topological polar surface area (TPSA) is 63.1 Å². The normalized spacial score (nSPS) is 13.9. The molecule has 0 spiro atoms. The van der Waals surface area contributed by atoms with E-state index in [-0.39, 0.29) is 47.9 Å². The Kier molecular flexibility index (Phi) is 12.4. The molecule has 6 rings (SSSR count). The maximum Gasteiger partial charge on any atom is 0.164 e. The number of hydrogen-bond donors (Lipinski definition) is 1.